The van der Waals surface area contributed by atoms with Crippen molar-refractivity contribution in [3.8, 4) is 0 Å². The third-order valence-corrected chi connectivity index (χ3v) is 3.78. The van der Waals surface area contributed by atoms with Gasteiger partial charge < -0.3 is 10.2 Å². The van der Waals surface area contributed by atoms with E-state index in [1.54, 1.807) is 0 Å². The summed E-state index contributed by atoms with van der Waals surface area (Å²) in [6.45, 7) is 6.43. The summed E-state index contributed by atoms with van der Waals surface area (Å²) in [5.74, 6) is 5.64. The Kier molecular flexibility index (Phi) is 4.10. The highest BCUT2D eigenvalue weighted by Gasteiger charge is 2.15. The van der Waals surface area contributed by atoms with Crippen LogP contribution in [0, 0.1) is 0 Å². The molecule has 1 aliphatic rings. The minimum atomic E-state index is 0.362. The molecule has 0 amide bonds. The van der Waals surface area contributed by atoms with Crippen molar-refractivity contribution in [1.82, 2.24) is 9.97 Å². The highest BCUT2D eigenvalue weighted by atomic mass is 32.2. The maximum absolute atomic E-state index is 4.67. The number of nitrogens with one attached hydrogen (secondary N) is 1. The zero-order chi connectivity index (χ0) is 12.3. The van der Waals surface area contributed by atoms with E-state index < -0.39 is 0 Å². The molecule has 17 heavy (non-hydrogen) atoms. The van der Waals surface area contributed by atoms with Gasteiger partial charge in [-0.05, 0) is 0 Å². The van der Waals surface area contributed by atoms with Gasteiger partial charge in [0.1, 0.15) is 17.5 Å². The van der Waals surface area contributed by atoms with Crippen LogP contribution in [0.1, 0.15) is 25.6 Å². The van der Waals surface area contributed by atoms with Crippen LogP contribution in [0.5, 0.6) is 0 Å². The molecule has 0 unspecified atom stereocenters. The number of hydrogen-bond donors (Lipinski definition) is 1. The summed E-state index contributed by atoms with van der Waals surface area (Å²) in [4.78, 5) is 11.5. The van der Waals surface area contributed by atoms with Crippen molar-refractivity contribution in [3.63, 3.8) is 0 Å². The standard InChI is InChI=1S/C12H20N4S/c1-9(2)12-14-10(13-3)8-11(15-12)16-4-6-17-7-5-16/h8-9H,4-7H2,1-3H3,(H,13,14,15). The molecule has 0 radical (unpaired) electrons. The van der Waals surface area contributed by atoms with Crippen molar-refractivity contribution in [2.24, 2.45) is 0 Å². The van der Waals surface area contributed by atoms with E-state index >= 15 is 0 Å². The van der Waals surface area contributed by atoms with Gasteiger partial charge in [-0.1, -0.05) is 13.8 Å². The number of rotatable bonds is 3. The number of hydrogen-bond acceptors (Lipinski definition) is 5. The fourth-order valence-corrected chi connectivity index (χ4v) is 2.70. The summed E-state index contributed by atoms with van der Waals surface area (Å²) in [5.41, 5.74) is 0. The zero-order valence-electron chi connectivity index (χ0n) is 10.7. The van der Waals surface area contributed by atoms with Gasteiger partial charge in [-0.2, -0.15) is 11.8 Å². The predicted octanol–water partition coefficient (Wildman–Crippen LogP) is 2.19. The molecule has 2 heterocycles. The minimum Gasteiger partial charge on any atom is -0.373 e. The molecule has 0 aromatic carbocycles. The molecule has 0 saturated carbocycles. The van der Waals surface area contributed by atoms with Crippen LogP contribution >= 0.6 is 11.8 Å². The van der Waals surface area contributed by atoms with Crippen LogP contribution in [0.2, 0.25) is 0 Å². The Morgan fingerprint density at radius 1 is 1.29 bits per heavy atom. The average molecular weight is 252 g/mol. The summed E-state index contributed by atoms with van der Waals surface area (Å²) in [7, 11) is 1.91. The van der Waals surface area contributed by atoms with Gasteiger partial charge in [0.25, 0.3) is 0 Å². The number of aromatic nitrogens is 2. The highest BCUT2D eigenvalue weighted by molar-refractivity contribution is 7.99. The Morgan fingerprint density at radius 2 is 2.00 bits per heavy atom. The molecule has 1 aromatic heterocycles. The molecule has 1 aliphatic heterocycles. The van der Waals surface area contributed by atoms with Crippen molar-refractivity contribution in [3.05, 3.63) is 11.9 Å². The number of anilines is 2. The topological polar surface area (TPSA) is 41.0 Å². The van der Waals surface area contributed by atoms with Gasteiger partial charge in [-0.3, -0.25) is 0 Å². The summed E-state index contributed by atoms with van der Waals surface area (Å²) >= 11 is 2.01. The van der Waals surface area contributed by atoms with Gasteiger partial charge in [-0.15, -0.1) is 0 Å². The van der Waals surface area contributed by atoms with Crippen LogP contribution in [0.25, 0.3) is 0 Å². The quantitative estimate of drug-likeness (QED) is 0.893. The van der Waals surface area contributed by atoms with Gasteiger partial charge in [0, 0.05) is 43.6 Å². The van der Waals surface area contributed by atoms with E-state index in [0.29, 0.717) is 5.92 Å². The van der Waals surface area contributed by atoms with Crippen LogP contribution in [0.15, 0.2) is 6.07 Å². The van der Waals surface area contributed by atoms with E-state index in [1.807, 2.05) is 24.9 Å². The van der Waals surface area contributed by atoms with E-state index in [1.165, 1.54) is 11.5 Å². The highest BCUT2D eigenvalue weighted by Crippen LogP contribution is 2.22. The monoisotopic (exact) mass is 252 g/mol. The predicted molar refractivity (Wildman–Crippen MR) is 75.2 cm³/mol. The van der Waals surface area contributed by atoms with Crippen molar-refractivity contribution in [2.75, 3.05) is 41.9 Å². The Bertz CT molecular complexity index is 375. The van der Waals surface area contributed by atoms with Gasteiger partial charge >= 0.3 is 0 Å². The fourth-order valence-electron chi connectivity index (χ4n) is 1.79. The van der Waals surface area contributed by atoms with Crippen molar-refractivity contribution >= 4 is 23.4 Å². The van der Waals surface area contributed by atoms with Crippen LogP contribution in [0.3, 0.4) is 0 Å². The molecule has 0 spiro atoms. The van der Waals surface area contributed by atoms with E-state index in [4.69, 9.17) is 0 Å². The summed E-state index contributed by atoms with van der Waals surface area (Å²) in [6.07, 6.45) is 0. The maximum atomic E-state index is 4.67. The second-order valence-electron chi connectivity index (χ2n) is 4.47. The van der Waals surface area contributed by atoms with Gasteiger partial charge in [0.05, 0.1) is 0 Å². The van der Waals surface area contributed by atoms with Crippen LogP contribution in [-0.2, 0) is 0 Å². The molecular formula is C12H20N4S. The fraction of sp³-hybridized carbons (Fsp3) is 0.667. The lowest BCUT2D eigenvalue weighted by Gasteiger charge is -2.28. The molecule has 1 aromatic rings. The molecule has 94 valence electrons. The molecule has 4 nitrogen and oxygen atoms in total. The van der Waals surface area contributed by atoms with Crippen LogP contribution in [-0.4, -0.2) is 41.6 Å². The van der Waals surface area contributed by atoms with E-state index in [9.17, 15) is 0 Å². The Labute approximate surface area is 107 Å². The Morgan fingerprint density at radius 3 is 2.59 bits per heavy atom. The third kappa shape index (κ3) is 3.03. The zero-order valence-corrected chi connectivity index (χ0v) is 11.5. The SMILES string of the molecule is CNc1cc(N2CCSCC2)nc(C(C)C)n1. The second kappa shape index (κ2) is 5.58. The molecule has 0 bridgehead atoms. The first kappa shape index (κ1) is 12.5. The van der Waals surface area contributed by atoms with Crippen LogP contribution in [0.4, 0.5) is 11.6 Å². The minimum absolute atomic E-state index is 0.362. The molecular weight excluding hydrogens is 232 g/mol. The lowest BCUT2D eigenvalue weighted by Crippen LogP contribution is -2.33. The smallest absolute Gasteiger partial charge is 0.135 e. The lowest BCUT2D eigenvalue weighted by atomic mass is 10.2. The first-order valence-corrected chi connectivity index (χ1v) is 7.25. The molecule has 0 atom stereocenters. The third-order valence-electron chi connectivity index (χ3n) is 2.84. The maximum Gasteiger partial charge on any atom is 0.135 e. The lowest BCUT2D eigenvalue weighted by molar-refractivity contribution is 0.756. The van der Waals surface area contributed by atoms with E-state index in [2.05, 4.69) is 34.0 Å². The molecule has 1 saturated heterocycles. The summed E-state index contributed by atoms with van der Waals surface area (Å²) in [6, 6.07) is 2.04. The molecule has 0 aliphatic carbocycles. The first-order chi connectivity index (χ1) is 8.20. The number of thioether (sulfide) groups is 1. The normalized spacial score (nSPS) is 16.4. The molecule has 1 N–H and O–H groups in total. The Balaban J connectivity index is 2.28. The second-order valence-corrected chi connectivity index (χ2v) is 5.70. The molecule has 2 rings (SSSR count). The summed E-state index contributed by atoms with van der Waals surface area (Å²) < 4.78 is 0. The Hall–Kier alpha value is -0.970. The van der Waals surface area contributed by atoms with Crippen molar-refractivity contribution in [2.45, 2.75) is 19.8 Å². The van der Waals surface area contributed by atoms with Gasteiger partial charge in [-0.25, -0.2) is 9.97 Å². The average Bonchev–Trinajstić information content (AvgIpc) is 2.39. The van der Waals surface area contributed by atoms with Crippen LogP contribution < -0.4 is 10.2 Å². The van der Waals surface area contributed by atoms with Crippen molar-refractivity contribution < 1.29 is 0 Å². The van der Waals surface area contributed by atoms with Gasteiger partial charge in [0.2, 0.25) is 0 Å². The molecule has 1 fully saturated rings. The number of nitrogens with zero attached hydrogens (tertiary/aromatic N) is 3. The molecule has 5 heteroatoms. The van der Waals surface area contributed by atoms with Gasteiger partial charge in [0.15, 0.2) is 0 Å². The summed E-state index contributed by atoms with van der Waals surface area (Å²) in [5, 5.41) is 3.12. The van der Waals surface area contributed by atoms with Crippen molar-refractivity contribution in [1.29, 1.82) is 0 Å². The largest absolute Gasteiger partial charge is 0.373 e. The van der Waals surface area contributed by atoms with E-state index in [-0.39, 0.29) is 0 Å². The van der Waals surface area contributed by atoms with E-state index in [0.717, 1.165) is 30.5 Å². The first-order valence-electron chi connectivity index (χ1n) is 6.10.